The molecule has 2 aromatic carbocycles. The van der Waals surface area contributed by atoms with Gasteiger partial charge in [-0.1, -0.05) is 60.7 Å². The lowest BCUT2D eigenvalue weighted by Crippen LogP contribution is -2.38. The van der Waals surface area contributed by atoms with Gasteiger partial charge in [0.1, 0.15) is 6.10 Å². The van der Waals surface area contributed by atoms with Gasteiger partial charge in [-0.05, 0) is 55.5 Å². The zero-order chi connectivity index (χ0) is 22.7. The molecule has 0 bridgehead atoms. The Morgan fingerprint density at radius 1 is 0.909 bits per heavy atom. The van der Waals surface area contributed by atoms with Crippen LogP contribution in [0.2, 0.25) is 0 Å². The van der Waals surface area contributed by atoms with Crippen molar-refractivity contribution in [2.45, 2.75) is 37.9 Å². The zero-order valence-corrected chi connectivity index (χ0v) is 19.0. The molecule has 172 valence electrons. The highest BCUT2D eigenvalue weighted by Crippen LogP contribution is 2.30. The number of likely N-dealkylation sites (tertiary alicyclic amines) is 1. The Hall–Kier alpha value is -3.02. The second-order valence-electron chi connectivity index (χ2n) is 8.46. The molecule has 1 fully saturated rings. The van der Waals surface area contributed by atoms with Crippen molar-refractivity contribution in [1.82, 2.24) is 9.88 Å². The summed E-state index contributed by atoms with van der Waals surface area (Å²) >= 11 is 0. The summed E-state index contributed by atoms with van der Waals surface area (Å²) < 4.78 is 12.0. The fourth-order valence-electron chi connectivity index (χ4n) is 4.24. The van der Waals surface area contributed by atoms with Gasteiger partial charge in [-0.2, -0.15) is 0 Å². The molecule has 0 aliphatic carbocycles. The van der Waals surface area contributed by atoms with Crippen LogP contribution in [0.25, 0.3) is 0 Å². The van der Waals surface area contributed by atoms with E-state index >= 15 is 0 Å². The number of esters is 1. The molecule has 0 atom stereocenters. The summed E-state index contributed by atoms with van der Waals surface area (Å²) in [6, 6.07) is 24.4. The van der Waals surface area contributed by atoms with E-state index in [0.29, 0.717) is 12.2 Å². The highest BCUT2D eigenvalue weighted by Gasteiger charge is 2.24. The molecule has 0 spiro atoms. The molecule has 4 rings (SSSR count). The minimum atomic E-state index is -0.299. The second kappa shape index (κ2) is 12.3. The Bertz CT molecular complexity index is 919. The number of benzene rings is 2. The number of unbranched alkanes of at least 4 members (excludes halogenated alkanes) is 1. The van der Waals surface area contributed by atoms with Crippen LogP contribution in [0.4, 0.5) is 0 Å². The van der Waals surface area contributed by atoms with Crippen molar-refractivity contribution in [3.8, 4) is 0 Å². The first kappa shape index (κ1) is 23.1. The maximum atomic E-state index is 12.0. The van der Waals surface area contributed by atoms with E-state index in [1.165, 1.54) is 17.3 Å². The number of carbonyl (C=O) groups is 1. The molecule has 1 aliphatic heterocycles. The third-order valence-corrected chi connectivity index (χ3v) is 6.07. The van der Waals surface area contributed by atoms with Crippen molar-refractivity contribution in [1.29, 1.82) is 0 Å². The van der Waals surface area contributed by atoms with Crippen molar-refractivity contribution >= 4 is 5.97 Å². The number of rotatable bonds is 10. The Kier molecular flexibility index (Phi) is 8.62. The Balaban J connectivity index is 1.18. The van der Waals surface area contributed by atoms with Crippen molar-refractivity contribution in [3.05, 3.63) is 102 Å². The largest absolute Gasteiger partial charge is 0.462 e. The van der Waals surface area contributed by atoms with Crippen LogP contribution in [0.15, 0.2) is 85.2 Å². The number of nitrogens with zero attached hydrogens (tertiary/aromatic N) is 2. The van der Waals surface area contributed by atoms with E-state index in [0.717, 1.165) is 45.3 Å². The number of piperidine rings is 1. The Morgan fingerprint density at radius 3 is 2.18 bits per heavy atom. The molecule has 0 N–H and O–H groups in total. The van der Waals surface area contributed by atoms with Gasteiger partial charge in [0, 0.05) is 25.5 Å². The van der Waals surface area contributed by atoms with E-state index in [2.05, 4.69) is 58.4 Å². The molecule has 1 saturated heterocycles. The summed E-state index contributed by atoms with van der Waals surface area (Å²) in [6.45, 7) is 3.55. The molecule has 33 heavy (non-hydrogen) atoms. The predicted octanol–water partition coefficient (Wildman–Crippen LogP) is 5.29. The molecule has 0 unspecified atom stereocenters. The van der Waals surface area contributed by atoms with Crippen molar-refractivity contribution in [2.75, 3.05) is 26.2 Å². The van der Waals surface area contributed by atoms with Gasteiger partial charge in [0.2, 0.25) is 0 Å². The molecule has 0 amide bonds. The lowest BCUT2D eigenvalue weighted by Gasteiger charge is -2.34. The minimum Gasteiger partial charge on any atom is -0.462 e. The van der Waals surface area contributed by atoms with Crippen LogP contribution in [0.5, 0.6) is 0 Å². The molecule has 0 radical (unpaired) electrons. The smallest absolute Gasteiger partial charge is 0.339 e. The first-order valence-corrected chi connectivity index (χ1v) is 11.8. The summed E-state index contributed by atoms with van der Waals surface area (Å²) in [5.41, 5.74) is 2.91. The maximum Gasteiger partial charge on any atom is 0.339 e. The van der Waals surface area contributed by atoms with Gasteiger partial charge in [0.05, 0.1) is 18.3 Å². The molecule has 5 nitrogen and oxygen atoms in total. The summed E-state index contributed by atoms with van der Waals surface area (Å²) in [5, 5.41) is 0. The van der Waals surface area contributed by atoms with Crippen molar-refractivity contribution in [2.24, 2.45) is 0 Å². The van der Waals surface area contributed by atoms with E-state index in [9.17, 15) is 4.79 Å². The first-order valence-electron chi connectivity index (χ1n) is 11.8. The van der Waals surface area contributed by atoms with E-state index in [4.69, 9.17) is 9.47 Å². The summed E-state index contributed by atoms with van der Waals surface area (Å²) in [7, 11) is 0. The van der Waals surface area contributed by atoms with E-state index in [1.54, 1.807) is 18.3 Å². The zero-order valence-electron chi connectivity index (χ0n) is 19.0. The highest BCUT2D eigenvalue weighted by atomic mass is 16.5. The van der Waals surface area contributed by atoms with Crippen LogP contribution in [0, 0.1) is 0 Å². The van der Waals surface area contributed by atoms with Gasteiger partial charge in [-0.15, -0.1) is 0 Å². The van der Waals surface area contributed by atoms with Gasteiger partial charge < -0.3 is 14.4 Å². The third kappa shape index (κ3) is 6.98. The van der Waals surface area contributed by atoms with Gasteiger partial charge >= 0.3 is 5.97 Å². The molecule has 1 aliphatic rings. The van der Waals surface area contributed by atoms with Gasteiger partial charge in [-0.3, -0.25) is 4.98 Å². The number of hydrogen-bond donors (Lipinski definition) is 0. The molecule has 0 saturated carbocycles. The van der Waals surface area contributed by atoms with Crippen LogP contribution in [-0.4, -0.2) is 48.2 Å². The van der Waals surface area contributed by atoms with Crippen molar-refractivity contribution < 1.29 is 14.3 Å². The van der Waals surface area contributed by atoms with Gasteiger partial charge in [0.25, 0.3) is 0 Å². The summed E-state index contributed by atoms with van der Waals surface area (Å²) in [5.74, 6) is -0.299. The number of aromatic nitrogens is 1. The molecule has 2 heterocycles. The standard InChI is InChI=1S/C28H32N2O3/c31-28(25-14-9-17-29-22-25)32-21-8-7-18-30-19-15-26(16-20-30)33-27(23-10-3-1-4-11-23)24-12-5-2-6-13-24/h1-6,9-14,17,22,26-27H,7-8,15-16,18-21H2. The SMILES string of the molecule is O=C(OCCCCN1CCC(OC(c2ccccc2)c2ccccc2)CC1)c1cccnc1. The average Bonchev–Trinajstić information content (AvgIpc) is 2.89. The van der Waals surface area contributed by atoms with Crippen LogP contribution in [0.3, 0.4) is 0 Å². The van der Waals surface area contributed by atoms with E-state index in [-0.39, 0.29) is 18.2 Å². The summed E-state index contributed by atoms with van der Waals surface area (Å²) in [6.07, 6.45) is 7.36. The monoisotopic (exact) mass is 444 g/mol. The van der Waals surface area contributed by atoms with Crippen LogP contribution in [0.1, 0.15) is 53.3 Å². The minimum absolute atomic E-state index is 0.0292. The number of pyridine rings is 1. The number of carbonyl (C=O) groups excluding carboxylic acids is 1. The third-order valence-electron chi connectivity index (χ3n) is 6.07. The summed E-state index contributed by atoms with van der Waals surface area (Å²) in [4.78, 5) is 18.4. The Morgan fingerprint density at radius 2 is 1.58 bits per heavy atom. The highest BCUT2D eigenvalue weighted by molar-refractivity contribution is 5.88. The number of ether oxygens (including phenoxy) is 2. The first-order chi connectivity index (χ1) is 16.3. The molecular formula is C28H32N2O3. The Labute approximate surface area is 196 Å². The second-order valence-corrected chi connectivity index (χ2v) is 8.46. The predicted molar refractivity (Wildman–Crippen MR) is 129 cm³/mol. The fourth-order valence-corrected chi connectivity index (χ4v) is 4.24. The van der Waals surface area contributed by atoms with E-state index < -0.39 is 0 Å². The van der Waals surface area contributed by atoms with Gasteiger partial charge in [-0.25, -0.2) is 4.79 Å². The molecular weight excluding hydrogens is 412 g/mol. The topological polar surface area (TPSA) is 51.7 Å². The quantitative estimate of drug-likeness (QED) is 0.314. The van der Waals surface area contributed by atoms with Gasteiger partial charge in [0.15, 0.2) is 0 Å². The molecule has 3 aromatic rings. The van der Waals surface area contributed by atoms with Crippen LogP contribution >= 0.6 is 0 Å². The lowest BCUT2D eigenvalue weighted by molar-refractivity contribution is -0.0272. The van der Waals surface area contributed by atoms with Crippen LogP contribution in [-0.2, 0) is 9.47 Å². The molecule has 5 heteroatoms. The maximum absolute atomic E-state index is 12.0. The lowest BCUT2D eigenvalue weighted by atomic mass is 10.00. The van der Waals surface area contributed by atoms with Crippen molar-refractivity contribution in [3.63, 3.8) is 0 Å². The number of hydrogen-bond acceptors (Lipinski definition) is 5. The average molecular weight is 445 g/mol. The molecule has 1 aromatic heterocycles. The fraction of sp³-hybridized carbons (Fsp3) is 0.357. The van der Waals surface area contributed by atoms with E-state index in [1.807, 2.05) is 12.1 Å². The normalized spacial score (nSPS) is 14.9. The van der Waals surface area contributed by atoms with Crippen LogP contribution < -0.4 is 0 Å².